The first-order valence-electron chi connectivity index (χ1n) is 11.1. The van der Waals surface area contributed by atoms with E-state index in [1.807, 2.05) is 54.6 Å². The number of hydrogen-bond acceptors (Lipinski definition) is 4. The molecule has 4 rings (SSSR count). The maximum absolute atomic E-state index is 12.3. The molecule has 0 unspecified atom stereocenters. The van der Waals surface area contributed by atoms with Gasteiger partial charge >= 0.3 is 6.03 Å². The van der Waals surface area contributed by atoms with Gasteiger partial charge in [-0.2, -0.15) is 0 Å². The van der Waals surface area contributed by atoms with Crippen LogP contribution in [0, 0.1) is 0 Å². The first-order chi connectivity index (χ1) is 15.2. The Kier molecular flexibility index (Phi) is 6.77. The number of nitrogens with one attached hydrogen (secondary N) is 2. The zero-order valence-corrected chi connectivity index (χ0v) is 18.0. The Bertz CT molecular complexity index is 976. The van der Waals surface area contributed by atoms with Crippen molar-refractivity contribution in [1.29, 1.82) is 0 Å². The lowest BCUT2D eigenvalue weighted by molar-refractivity contribution is 0.262. The van der Waals surface area contributed by atoms with E-state index in [0.717, 1.165) is 48.0 Å². The smallest absolute Gasteiger partial charge is 0.323 e. The topological polar surface area (TPSA) is 70.2 Å². The molecule has 31 heavy (non-hydrogen) atoms. The second-order valence-electron chi connectivity index (χ2n) is 7.88. The molecule has 6 heteroatoms. The molecule has 2 N–H and O–H groups in total. The molecule has 0 atom stereocenters. The Morgan fingerprint density at radius 2 is 1.42 bits per heavy atom. The maximum Gasteiger partial charge on any atom is 0.323 e. The molecule has 2 heterocycles. The summed E-state index contributed by atoms with van der Waals surface area (Å²) in [7, 11) is 0. The third-order valence-corrected chi connectivity index (χ3v) is 5.64. The minimum absolute atomic E-state index is 0.265. The van der Waals surface area contributed by atoms with Crippen molar-refractivity contribution in [3.63, 3.8) is 0 Å². The molecule has 0 bridgehead atoms. The molecule has 160 valence electrons. The van der Waals surface area contributed by atoms with Crippen LogP contribution in [0.3, 0.4) is 0 Å². The summed E-state index contributed by atoms with van der Waals surface area (Å²) < 4.78 is 0. The number of rotatable bonds is 5. The van der Waals surface area contributed by atoms with Gasteiger partial charge in [-0.1, -0.05) is 44.0 Å². The van der Waals surface area contributed by atoms with Crippen LogP contribution >= 0.6 is 0 Å². The first-order valence-corrected chi connectivity index (χ1v) is 11.1. The standard InChI is InChI=1S/C25H29N5O/c1-2-19-7-11-21(12-8-19)26-25(31)27-22-13-9-20(10-14-22)23-15-16-24(29-28-23)30-17-5-3-4-6-18-30/h7-16H,2-6,17-18H2,1H3,(H2,26,27,31). The van der Waals surface area contributed by atoms with Gasteiger partial charge in [0.2, 0.25) is 0 Å². The van der Waals surface area contributed by atoms with Gasteiger partial charge in [0, 0.05) is 30.0 Å². The van der Waals surface area contributed by atoms with Crippen molar-refractivity contribution in [3.8, 4) is 11.3 Å². The average molecular weight is 416 g/mol. The Morgan fingerprint density at radius 1 is 0.806 bits per heavy atom. The summed E-state index contributed by atoms with van der Waals surface area (Å²) in [4.78, 5) is 14.6. The second kappa shape index (κ2) is 10.1. The number of benzene rings is 2. The van der Waals surface area contributed by atoms with Crippen molar-refractivity contribution < 1.29 is 4.79 Å². The van der Waals surface area contributed by atoms with Crippen LogP contribution in [-0.4, -0.2) is 29.3 Å². The molecule has 1 aliphatic rings. The number of nitrogens with zero attached hydrogens (tertiary/aromatic N) is 3. The van der Waals surface area contributed by atoms with E-state index in [-0.39, 0.29) is 6.03 Å². The lowest BCUT2D eigenvalue weighted by Crippen LogP contribution is -2.25. The highest BCUT2D eigenvalue weighted by molar-refractivity contribution is 5.99. The molecular weight excluding hydrogens is 386 g/mol. The highest BCUT2D eigenvalue weighted by atomic mass is 16.2. The van der Waals surface area contributed by atoms with E-state index in [1.165, 1.54) is 31.2 Å². The number of aromatic nitrogens is 2. The monoisotopic (exact) mass is 415 g/mol. The van der Waals surface area contributed by atoms with E-state index in [1.54, 1.807) is 0 Å². The van der Waals surface area contributed by atoms with Crippen LogP contribution in [-0.2, 0) is 6.42 Å². The Morgan fingerprint density at radius 3 is 1.97 bits per heavy atom. The molecule has 0 spiro atoms. The van der Waals surface area contributed by atoms with Gasteiger partial charge in [-0.3, -0.25) is 0 Å². The van der Waals surface area contributed by atoms with Crippen molar-refractivity contribution >= 4 is 23.2 Å². The van der Waals surface area contributed by atoms with Crippen LogP contribution in [0.5, 0.6) is 0 Å². The summed E-state index contributed by atoms with van der Waals surface area (Å²) in [5, 5.41) is 14.6. The predicted octanol–water partition coefficient (Wildman–Crippen LogP) is 5.73. The third kappa shape index (κ3) is 5.60. The normalized spacial score (nSPS) is 14.0. The van der Waals surface area contributed by atoms with Crippen molar-refractivity contribution in [2.24, 2.45) is 0 Å². The number of anilines is 3. The zero-order valence-electron chi connectivity index (χ0n) is 18.0. The highest BCUT2D eigenvalue weighted by Gasteiger charge is 2.12. The minimum atomic E-state index is -0.265. The van der Waals surface area contributed by atoms with Gasteiger partial charge in [-0.05, 0) is 61.2 Å². The fraction of sp³-hybridized carbons (Fsp3) is 0.320. The molecule has 0 saturated carbocycles. The molecule has 6 nitrogen and oxygen atoms in total. The SMILES string of the molecule is CCc1ccc(NC(=O)Nc2ccc(-c3ccc(N4CCCCCC4)nn3)cc2)cc1. The van der Waals surface area contributed by atoms with E-state index < -0.39 is 0 Å². The van der Waals surface area contributed by atoms with Gasteiger partial charge in [0.1, 0.15) is 0 Å². The van der Waals surface area contributed by atoms with E-state index in [2.05, 4.69) is 38.7 Å². The van der Waals surface area contributed by atoms with Gasteiger partial charge in [-0.25, -0.2) is 4.79 Å². The average Bonchev–Trinajstić information content (AvgIpc) is 3.10. The van der Waals surface area contributed by atoms with Crippen LogP contribution in [0.1, 0.15) is 38.2 Å². The number of urea groups is 1. The van der Waals surface area contributed by atoms with Crippen molar-refractivity contribution in [2.75, 3.05) is 28.6 Å². The van der Waals surface area contributed by atoms with E-state index in [4.69, 9.17) is 0 Å². The Hall–Kier alpha value is -3.41. The molecule has 3 aromatic rings. The van der Waals surface area contributed by atoms with Crippen molar-refractivity contribution in [1.82, 2.24) is 10.2 Å². The first kappa shape index (κ1) is 20.8. The Balaban J connectivity index is 1.35. The molecule has 1 saturated heterocycles. The minimum Gasteiger partial charge on any atom is -0.355 e. The summed E-state index contributed by atoms with van der Waals surface area (Å²) in [5.41, 5.74) is 4.53. The van der Waals surface area contributed by atoms with Crippen LogP contribution < -0.4 is 15.5 Å². The molecule has 2 aromatic carbocycles. The summed E-state index contributed by atoms with van der Waals surface area (Å²) in [6.45, 7) is 4.22. The van der Waals surface area contributed by atoms with Crippen LogP contribution in [0.25, 0.3) is 11.3 Å². The highest BCUT2D eigenvalue weighted by Crippen LogP contribution is 2.22. The van der Waals surface area contributed by atoms with E-state index >= 15 is 0 Å². The molecule has 1 aliphatic heterocycles. The summed E-state index contributed by atoms with van der Waals surface area (Å²) in [6.07, 6.45) is 6.01. The van der Waals surface area contributed by atoms with E-state index in [0.29, 0.717) is 0 Å². The van der Waals surface area contributed by atoms with Crippen LogP contribution in [0.15, 0.2) is 60.7 Å². The fourth-order valence-electron chi connectivity index (χ4n) is 3.79. The second-order valence-corrected chi connectivity index (χ2v) is 7.88. The molecular formula is C25H29N5O. The molecule has 1 fully saturated rings. The van der Waals surface area contributed by atoms with Gasteiger partial charge in [0.25, 0.3) is 0 Å². The number of aryl methyl sites for hydroxylation is 1. The quantitative estimate of drug-likeness (QED) is 0.558. The summed E-state index contributed by atoms with van der Waals surface area (Å²) >= 11 is 0. The van der Waals surface area contributed by atoms with Gasteiger partial charge < -0.3 is 15.5 Å². The predicted molar refractivity (Wildman–Crippen MR) is 127 cm³/mol. The molecule has 0 aliphatic carbocycles. The van der Waals surface area contributed by atoms with Crippen molar-refractivity contribution in [3.05, 3.63) is 66.2 Å². The van der Waals surface area contributed by atoms with Gasteiger partial charge in [0.15, 0.2) is 5.82 Å². The molecule has 2 amide bonds. The third-order valence-electron chi connectivity index (χ3n) is 5.64. The number of hydrogen-bond donors (Lipinski definition) is 2. The molecule has 1 aromatic heterocycles. The lowest BCUT2D eigenvalue weighted by atomic mass is 10.1. The largest absolute Gasteiger partial charge is 0.355 e. The zero-order chi connectivity index (χ0) is 21.5. The van der Waals surface area contributed by atoms with E-state index in [9.17, 15) is 4.79 Å². The number of carbonyl (C=O) groups is 1. The number of carbonyl (C=O) groups excluding carboxylic acids is 1. The number of amides is 2. The van der Waals surface area contributed by atoms with Gasteiger partial charge in [-0.15, -0.1) is 10.2 Å². The maximum atomic E-state index is 12.3. The molecule has 0 radical (unpaired) electrons. The Labute approximate surface area is 183 Å². The lowest BCUT2D eigenvalue weighted by Gasteiger charge is -2.20. The van der Waals surface area contributed by atoms with Crippen molar-refractivity contribution in [2.45, 2.75) is 39.0 Å². The van der Waals surface area contributed by atoms with Gasteiger partial charge in [0.05, 0.1) is 5.69 Å². The van der Waals surface area contributed by atoms with Crippen LogP contribution in [0.4, 0.5) is 22.0 Å². The van der Waals surface area contributed by atoms with Crippen LogP contribution in [0.2, 0.25) is 0 Å². The fourth-order valence-corrected chi connectivity index (χ4v) is 3.79. The summed E-state index contributed by atoms with van der Waals surface area (Å²) in [6, 6.07) is 19.3. The summed E-state index contributed by atoms with van der Waals surface area (Å²) in [5.74, 6) is 0.951.